The summed E-state index contributed by atoms with van der Waals surface area (Å²) in [6, 6.07) is 19.8. The average molecular weight is 498 g/mol. The number of carbonyl (C=O) groups is 1. The lowest BCUT2D eigenvalue weighted by Crippen LogP contribution is -2.37. The summed E-state index contributed by atoms with van der Waals surface area (Å²) in [7, 11) is -3.51. The number of ether oxygens (including phenoxy) is 1. The molecule has 178 valence electrons. The fourth-order valence-electron chi connectivity index (χ4n) is 3.93. The van der Waals surface area contributed by atoms with Crippen LogP contribution in [0, 0.1) is 0 Å². The van der Waals surface area contributed by atoms with Gasteiger partial charge in [-0.25, -0.2) is 8.42 Å². The van der Waals surface area contributed by atoms with Gasteiger partial charge in [0.15, 0.2) is 11.7 Å². The van der Waals surface area contributed by atoms with E-state index >= 15 is 0 Å². The van der Waals surface area contributed by atoms with Gasteiger partial charge in [0, 0.05) is 24.2 Å². The minimum absolute atomic E-state index is 0.106. The highest BCUT2D eigenvalue weighted by Crippen LogP contribution is 2.25. The summed E-state index contributed by atoms with van der Waals surface area (Å²) in [5.41, 5.74) is 0.579. The van der Waals surface area contributed by atoms with Crippen LogP contribution >= 0.6 is 12.2 Å². The van der Waals surface area contributed by atoms with Gasteiger partial charge in [-0.1, -0.05) is 49.2 Å². The average Bonchev–Trinajstić information content (AvgIpc) is 3.13. The van der Waals surface area contributed by atoms with Crippen LogP contribution in [0.1, 0.15) is 25.7 Å². The van der Waals surface area contributed by atoms with E-state index in [1.807, 2.05) is 42.5 Å². The zero-order valence-corrected chi connectivity index (χ0v) is 20.3. The number of carbonyl (C=O) groups excluding carboxylic acids is 1. The van der Waals surface area contributed by atoms with Crippen LogP contribution in [0.3, 0.4) is 0 Å². The Kier molecular flexibility index (Phi) is 7.77. The Bertz CT molecular complexity index is 1260. The zero-order chi connectivity index (χ0) is 24.0. The second kappa shape index (κ2) is 10.9. The van der Waals surface area contributed by atoms with Crippen molar-refractivity contribution in [2.24, 2.45) is 0 Å². The molecule has 0 spiro atoms. The molecule has 3 aromatic carbocycles. The molecule has 1 fully saturated rings. The normalized spacial score (nSPS) is 14.8. The number of amides is 1. The number of sulfonamides is 1. The highest BCUT2D eigenvalue weighted by Gasteiger charge is 2.25. The Hall–Kier alpha value is -3.01. The molecular weight excluding hydrogens is 470 g/mol. The topological polar surface area (TPSA) is 87.7 Å². The van der Waals surface area contributed by atoms with Gasteiger partial charge in [-0.15, -0.1) is 0 Å². The molecule has 1 heterocycles. The van der Waals surface area contributed by atoms with Crippen molar-refractivity contribution in [3.8, 4) is 5.75 Å². The van der Waals surface area contributed by atoms with Gasteiger partial charge in [-0.05, 0) is 60.8 Å². The number of rotatable bonds is 6. The van der Waals surface area contributed by atoms with Crippen LogP contribution in [-0.2, 0) is 14.8 Å². The summed E-state index contributed by atoms with van der Waals surface area (Å²) >= 11 is 5.22. The van der Waals surface area contributed by atoms with Crippen LogP contribution in [0.4, 0.5) is 5.69 Å². The van der Waals surface area contributed by atoms with E-state index in [2.05, 4.69) is 10.6 Å². The largest absolute Gasteiger partial charge is 0.483 e. The minimum atomic E-state index is -3.51. The molecule has 1 aliphatic heterocycles. The first-order chi connectivity index (χ1) is 16.4. The number of hydrogen-bond acceptors (Lipinski definition) is 5. The molecule has 34 heavy (non-hydrogen) atoms. The maximum atomic E-state index is 12.9. The molecule has 1 aliphatic rings. The number of fused-ring (bicyclic) bond motifs is 1. The van der Waals surface area contributed by atoms with Gasteiger partial charge in [0.1, 0.15) is 5.75 Å². The van der Waals surface area contributed by atoms with E-state index in [1.165, 1.54) is 0 Å². The number of thiocarbonyl (C=S) groups is 1. The van der Waals surface area contributed by atoms with Gasteiger partial charge in [0.25, 0.3) is 5.91 Å². The van der Waals surface area contributed by atoms with E-state index in [9.17, 15) is 13.2 Å². The van der Waals surface area contributed by atoms with E-state index in [0.717, 1.165) is 36.5 Å². The second-order valence-corrected chi connectivity index (χ2v) is 10.5. The summed E-state index contributed by atoms with van der Waals surface area (Å²) in [6.07, 6.45) is 3.89. The number of hydrogen-bond donors (Lipinski definition) is 2. The molecule has 1 amide bonds. The molecule has 0 bridgehead atoms. The van der Waals surface area contributed by atoms with Crippen molar-refractivity contribution < 1.29 is 17.9 Å². The number of anilines is 1. The molecule has 0 saturated carbocycles. The molecular formula is C25H27N3O4S2. The number of nitrogens with zero attached hydrogens (tertiary/aromatic N) is 1. The second-order valence-electron chi connectivity index (χ2n) is 8.11. The smallest absolute Gasteiger partial charge is 0.264 e. The summed E-state index contributed by atoms with van der Waals surface area (Å²) in [5.74, 6) is 0.221. The van der Waals surface area contributed by atoms with Crippen LogP contribution in [0.5, 0.6) is 5.75 Å². The Balaban J connectivity index is 1.30. The quantitative estimate of drug-likeness (QED) is 0.494. The van der Waals surface area contributed by atoms with Gasteiger partial charge in [-0.2, -0.15) is 4.31 Å². The first kappa shape index (κ1) is 24.1. The maximum absolute atomic E-state index is 12.9. The van der Waals surface area contributed by atoms with Gasteiger partial charge in [0.2, 0.25) is 10.0 Å². The zero-order valence-electron chi connectivity index (χ0n) is 18.7. The lowest BCUT2D eigenvalue weighted by molar-refractivity contribution is -0.121. The Morgan fingerprint density at radius 3 is 2.32 bits per heavy atom. The highest BCUT2D eigenvalue weighted by molar-refractivity contribution is 7.89. The molecule has 2 N–H and O–H groups in total. The summed E-state index contributed by atoms with van der Waals surface area (Å²) in [5, 5.41) is 7.54. The molecule has 0 aliphatic carbocycles. The third kappa shape index (κ3) is 5.91. The lowest BCUT2D eigenvalue weighted by atomic mass is 10.1. The third-order valence-corrected chi connectivity index (χ3v) is 7.79. The number of benzene rings is 3. The van der Waals surface area contributed by atoms with Crippen molar-refractivity contribution in [2.75, 3.05) is 25.0 Å². The van der Waals surface area contributed by atoms with Gasteiger partial charge in [0.05, 0.1) is 4.90 Å². The van der Waals surface area contributed by atoms with E-state index in [0.29, 0.717) is 24.5 Å². The predicted molar refractivity (Wildman–Crippen MR) is 137 cm³/mol. The Morgan fingerprint density at radius 1 is 0.912 bits per heavy atom. The van der Waals surface area contributed by atoms with Crippen LogP contribution in [0.2, 0.25) is 0 Å². The molecule has 0 radical (unpaired) electrons. The molecule has 7 nitrogen and oxygen atoms in total. The monoisotopic (exact) mass is 497 g/mol. The van der Waals surface area contributed by atoms with Crippen molar-refractivity contribution in [2.45, 2.75) is 30.6 Å². The molecule has 9 heteroatoms. The number of nitrogens with one attached hydrogen (secondary N) is 2. The summed E-state index contributed by atoms with van der Waals surface area (Å²) in [4.78, 5) is 12.5. The van der Waals surface area contributed by atoms with Crippen LogP contribution < -0.4 is 15.4 Å². The molecule has 0 aromatic heterocycles. The fraction of sp³-hybridized carbons (Fsp3) is 0.280. The predicted octanol–water partition coefficient (Wildman–Crippen LogP) is 4.30. The van der Waals surface area contributed by atoms with Crippen molar-refractivity contribution in [3.63, 3.8) is 0 Å². The lowest BCUT2D eigenvalue weighted by Gasteiger charge is -2.20. The molecule has 3 aromatic rings. The van der Waals surface area contributed by atoms with Crippen LogP contribution in [-0.4, -0.2) is 43.4 Å². The Labute approximate surface area is 205 Å². The fourth-order valence-corrected chi connectivity index (χ4v) is 5.68. The highest BCUT2D eigenvalue weighted by atomic mass is 32.2. The van der Waals surface area contributed by atoms with E-state index in [-0.39, 0.29) is 16.6 Å². The van der Waals surface area contributed by atoms with Gasteiger partial charge < -0.3 is 10.1 Å². The van der Waals surface area contributed by atoms with Crippen molar-refractivity contribution in [1.29, 1.82) is 0 Å². The SMILES string of the molecule is O=C(COc1cccc2ccccc12)NC(=S)Nc1ccc(S(=O)(=O)N2CCCCCC2)cc1. The third-order valence-electron chi connectivity index (χ3n) is 5.68. The minimum Gasteiger partial charge on any atom is -0.483 e. The van der Waals surface area contributed by atoms with E-state index in [1.54, 1.807) is 28.6 Å². The Morgan fingerprint density at radius 2 is 1.59 bits per heavy atom. The standard InChI is InChI=1S/C25H27N3O4S2/c29-24(18-32-23-11-7-9-19-8-3-4-10-22(19)23)27-25(33)26-20-12-14-21(15-13-20)34(30,31)28-16-5-1-2-6-17-28/h3-4,7-15H,1-2,5-6,16-18H2,(H2,26,27,29,33). The maximum Gasteiger partial charge on any atom is 0.264 e. The van der Waals surface area contributed by atoms with E-state index < -0.39 is 15.9 Å². The first-order valence-corrected chi connectivity index (χ1v) is 13.1. The molecule has 0 atom stereocenters. The van der Waals surface area contributed by atoms with Crippen molar-refractivity contribution >= 4 is 49.7 Å². The van der Waals surface area contributed by atoms with Crippen LogP contribution in [0.25, 0.3) is 10.8 Å². The van der Waals surface area contributed by atoms with Gasteiger partial charge >= 0.3 is 0 Å². The van der Waals surface area contributed by atoms with Crippen molar-refractivity contribution in [3.05, 3.63) is 66.7 Å². The van der Waals surface area contributed by atoms with E-state index in [4.69, 9.17) is 17.0 Å². The van der Waals surface area contributed by atoms with Crippen molar-refractivity contribution in [1.82, 2.24) is 9.62 Å². The first-order valence-electron chi connectivity index (χ1n) is 11.2. The molecule has 1 saturated heterocycles. The van der Waals surface area contributed by atoms with Crippen LogP contribution in [0.15, 0.2) is 71.6 Å². The summed E-state index contributed by atoms with van der Waals surface area (Å²) < 4.78 is 33.0. The van der Waals surface area contributed by atoms with Gasteiger partial charge in [-0.3, -0.25) is 10.1 Å². The molecule has 4 rings (SSSR count). The molecule has 0 unspecified atom stereocenters. The summed E-state index contributed by atoms with van der Waals surface area (Å²) in [6.45, 7) is 0.918.